The monoisotopic (exact) mass is 713 g/mol. The normalized spacial score (nSPS) is 12.4. The van der Waals surface area contributed by atoms with Gasteiger partial charge in [-0.2, -0.15) is 0 Å². The molecule has 0 atom stereocenters. The highest BCUT2D eigenvalue weighted by atomic mass is 15.1. The molecule has 0 unspecified atom stereocenters. The van der Waals surface area contributed by atoms with Crippen LogP contribution in [0.2, 0.25) is 0 Å². The number of anilines is 3. The van der Waals surface area contributed by atoms with E-state index in [2.05, 4.69) is 241 Å². The predicted octanol–water partition coefficient (Wildman–Crippen LogP) is 14.5. The molecule has 0 amide bonds. The maximum atomic E-state index is 2.49. The van der Waals surface area contributed by atoms with Crippen molar-refractivity contribution >= 4 is 17.1 Å². The molecule has 1 nitrogen and oxygen atoms in total. The molecule has 0 bridgehead atoms. The highest BCUT2D eigenvalue weighted by molar-refractivity contribution is 5.97. The van der Waals surface area contributed by atoms with Crippen LogP contribution in [0.25, 0.3) is 44.5 Å². The standard InChI is InChI=1S/C55H39N/c1-6-18-40(19-7-1)42-30-34-47(35-31-42)56(48-36-32-43(33-37-48)41-20-8-2-9-21-41)54-39-51-49-28-16-17-29-52(49)55(45-24-12-4-13-25-45,46-26-14-5-15-27-46)53(51)38-50(54)44-22-10-3-11-23-44/h1-39H. The van der Waals surface area contributed by atoms with E-state index < -0.39 is 5.41 Å². The van der Waals surface area contributed by atoms with Crippen LogP contribution in [0.5, 0.6) is 0 Å². The third-order valence-corrected chi connectivity index (χ3v) is 11.4. The molecule has 9 aromatic rings. The molecule has 0 aliphatic heterocycles. The molecule has 0 spiro atoms. The second-order valence-electron chi connectivity index (χ2n) is 14.5. The van der Waals surface area contributed by atoms with Gasteiger partial charge in [0.2, 0.25) is 0 Å². The van der Waals surface area contributed by atoms with E-state index in [1.54, 1.807) is 0 Å². The van der Waals surface area contributed by atoms with E-state index in [0.29, 0.717) is 0 Å². The van der Waals surface area contributed by atoms with E-state index in [4.69, 9.17) is 0 Å². The van der Waals surface area contributed by atoms with Crippen LogP contribution in [0.1, 0.15) is 22.3 Å². The third-order valence-electron chi connectivity index (χ3n) is 11.4. The van der Waals surface area contributed by atoms with Gasteiger partial charge in [0.05, 0.1) is 11.1 Å². The lowest BCUT2D eigenvalue weighted by Gasteiger charge is -2.35. The van der Waals surface area contributed by atoms with Crippen LogP contribution in [0.4, 0.5) is 17.1 Å². The van der Waals surface area contributed by atoms with Crippen molar-refractivity contribution in [2.45, 2.75) is 5.41 Å². The largest absolute Gasteiger partial charge is 0.310 e. The Balaban J connectivity index is 1.26. The van der Waals surface area contributed by atoms with E-state index in [9.17, 15) is 0 Å². The van der Waals surface area contributed by atoms with Crippen LogP contribution in [0.15, 0.2) is 237 Å². The topological polar surface area (TPSA) is 3.24 Å². The van der Waals surface area contributed by atoms with Crippen molar-refractivity contribution in [3.8, 4) is 44.5 Å². The van der Waals surface area contributed by atoms with Crippen LogP contribution in [0, 0.1) is 0 Å². The van der Waals surface area contributed by atoms with Gasteiger partial charge in [0.15, 0.2) is 0 Å². The Bertz CT molecular complexity index is 2620. The summed E-state index contributed by atoms with van der Waals surface area (Å²) in [6.07, 6.45) is 0. The summed E-state index contributed by atoms with van der Waals surface area (Å²) in [4.78, 5) is 2.44. The van der Waals surface area contributed by atoms with Crippen molar-refractivity contribution in [1.82, 2.24) is 0 Å². The first-order valence-electron chi connectivity index (χ1n) is 19.3. The van der Waals surface area contributed by atoms with Gasteiger partial charge < -0.3 is 4.90 Å². The highest BCUT2D eigenvalue weighted by Gasteiger charge is 2.46. The van der Waals surface area contributed by atoms with Gasteiger partial charge in [0.25, 0.3) is 0 Å². The van der Waals surface area contributed by atoms with Crippen LogP contribution < -0.4 is 4.90 Å². The summed E-state index contributed by atoms with van der Waals surface area (Å²) in [6.45, 7) is 0. The molecule has 1 aliphatic carbocycles. The van der Waals surface area contributed by atoms with Crippen LogP contribution in [-0.2, 0) is 5.41 Å². The molecular formula is C55H39N. The fourth-order valence-corrected chi connectivity index (χ4v) is 8.80. The number of benzene rings is 9. The molecule has 0 saturated carbocycles. The van der Waals surface area contributed by atoms with Crippen molar-refractivity contribution in [3.63, 3.8) is 0 Å². The molecular weight excluding hydrogens is 675 g/mol. The molecule has 0 heterocycles. The average Bonchev–Trinajstić information content (AvgIpc) is 3.58. The molecule has 0 fully saturated rings. The zero-order valence-corrected chi connectivity index (χ0v) is 31.0. The lowest BCUT2D eigenvalue weighted by molar-refractivity contribution is 0.769. The van der Waals surface area contributed by atoms with Crippen LogP contribution >= 0.6 is 0 Å². The van der Waals surface area contributed by atoms with Gasteiger partial charge in [0.1, 0.15) is 0 Å². The fourth-order valence-electron chi connectivity index (χ4n) is 8.80. The van der Waals surface area contributed by atoms with Gasteiger partial charge in [-0.05, 0) is 97.6 Å². The Labute approximate surface area is 329 Å². The van der Waals surface area contributed by atoms with E-state index in [0.717, 1.165) is 17.1 Å². The van der Waals surface area contributed by atoms with Gasteiger partial charge >= 0.3 is 0 Å². The number of hydrogen-bond acceptors (Lipinski definition) is 1. The van der Waals surface area contributed by atoms with E-state index in [1.165, 1.54) is 66.8 Å². The van der Waals surface area contributed by atoms with Crippen molar-refractivity contribution in [1.29, 1.82) is 0 Å². The number of fused-ring (bicyclic) bond motifs is 3. The van der Waals surface area contributed by atoms with Gasteiger partial charge in [-0.15, -0.1) is 0 Å². The summed E-state index contributed by atoms with van der Waals surface area (Å²) in [5.74, 6) is 0. The minimum atomic E-state index is -0.504. The molecule has 0 aromatic heterocycles. The maximum absolute atomic E-state index is 2.49. The first-order valence-corrected chi connectivity index (χ1v) is 19.3. The van der Waals surface area contributed by atoms with Gasteiger partial charge in [0, 0.05) is 16.9 Å². The van der Waals surface area contributed by atoms with E-state index in [-0.39, 0.29) is 0 Å². The van der Waals surface area contributed by atoms with Crippen molar-refractivity contribution in [3.05, 3.63) is 259 Å². The number of rotatable bonds is 8. The Morgan fingerprint density at radius 3 is 1.14 bits per heavy atom. The SMILES string of the molecule is c1ccc(-c2ccc(N(c3ccc(-c4ccccc4)cc3)c3cc4c(cc3-c3ccccc3)C(c3ccccc3)(c3ccccc3)c3ccccc3-4)cc2)cc1. The van der Waals surface area contributed by atoms with Crippen molar-refractivity contribution in [2.24, 2.45) is 0 Å². The maximum Gasteiger partial charge on any atom is 0.0713 e. The van der Waals surface area contributed by atoms with Crippen LogP contribution in [0.3, 0.4) is 0 Å². The fraction of sp³-hybridized carbons (Fsp3) is 0.0182. The molecule has 9 aromatic carbocycles. The zero-order chi connectivity index (χ0) is 37.3. The lowest BCUT2D eigenvalue weighted by atomic mass is 9.67. The Hall–Kier alpha value is -7.22. The van der Waals surface area contributed by atoms with E-state index in [1.807, 2.05) is 0 Å². The van der Waals surface area contributed by atoms with Gasteiger partial charge in [-0.25, -0.2) is 0 Å². The second-order valence-corrected chi connectivity index (χ2v) is 14.5. The van der Waals surface area contributed by atoms with Crippen molar-refractivity contribution in [2.75, 3.05) is 4.90 Å². The zero-order valence-electron chi connectivity index (χ0n) is 31.0. The molecule has 10 rings (SSSR count). The lowest BCUT2D eigenvalue weighted by Crippen LogP contribution is -2.28. The molecule has 264 valence electrons. The number of nitrogens with zero attached hydrogens (tertiary/aromatic N) is 1. The van der Waals surface area contributed by atoms with E-state index >= 15 is 0 Å². The molecule has 56 heavy (non-hydrogen) atoms. The molecule has 1 heteroatoms. The second kappa shape index (κ2) is 14.2. The molecule has 0 saturated heterocycles. The Morgan fingerprint density at radius 1 is 0.268 bits per heavy atom. The average molecular weight is 714 g/mol. The summed E-state index contributed by atoms with van der Waals surface area (Å²) in [7, 11) is 0. The smallest absolute Gasteiger partial charge is 0.0713 e. The first-order chi connectivity index (χ1) is 27.8. The summed E-state index contributed by atoms with van der Waals surface area (Å²) < 4.78 is 0. The van der Waals surface area contributed by atoms with Crippen molar-refractivity contribution < 1.29 is 0 Å². The quantitative estimate of drug-likeness (QED) is 0.152. The summed E-state index contributed by atoms with van der Waals surface area (Å²) >= 11 is 0. The third kappa shape index (κ3) is 5.65. The Kier molecular flexibility index (Phi) is 8.46. The molecule has 0 N–H and O–H groups in total. The molecule has 1 aliphatic rings. The van der Waals surface area contributed by atoms with Gasteiger partial charge in [-0.1, -0.05) is 200 Å². The van der Waals surface area contributed by atoms with Crippen LogP contribution in [-0.4, -0.2) is 0 Å². The molecule has 0 radical (unpaired) electrons. The number of hydrogen-bond donors (Lipinski definition) is 0. The highest BCUT2D eigenvalue weighted by Crippen LogP contribution is 2.58. The predicted molar refractivity (Wildman–Crippen MR) is 235 cm³/mol. The Morgan fingerprint density at radius 2 is 0.661 bits per heavy atom. The summed E-state index contributed by atoms with van der Waals surface area (Å²) in [5.41, 5.74) is 17.6. The van der Waals surface area contributed by atoms with Gasteiger partial charge in [-0.3, -0.25) is 0 Å². The summed E-state index contributed by atoms with van der Waals surface area (Å²) in [6, 6.07) is 86.3. The first kappa shape index (κ1) is 33.4. The summed E-state index contributed by atoms with van der Waals surface area (Å²) in [5, 5.41) is 0. The minimum Gasteiger partial charge on any atom is -0.310 e. The minimum absolute atomic E-state index is 0.504.